The summed E-state index contributed by atoms with van der Waals surface area (Å²) in [4.78, 5) is 26.7. The SMILES string of the molecule is CCCNC(=O)CN(CCC)C(=O)c1cc(Cl)c(-n2cccc2)cc1OC. The Balaban J connectivity index is 2.31. The second-order valence-corrected chi connectivity index (χ2v) is 6.58. The van der Waals surface area contributed by atoms with Gasteiger partial charge in [-0.05, 0) is 31.0 Å². The van der Waals surface area contributed by atoms with Gasteiger partial charge in [0.25, 0.3) is 5.91 Å². The first-order valence-electron chi connectivity index (χ1n) is 9.08. The number of ether oxygens (including phenoxy) is 1. The maximum Gasteiger partial charge on any atom is 0.258 e. The molecular formula is C20H26ClN3O3. The molecule has 0 aliphatic rings. The third-order valence-electron chi connectivity index (χ3n) is 4.07. The Kier molecular flexibility index (Phi) is 7.73. The van der Waals surface area contributed by atoms with Crippen molar-refractivity contribution in [3.05, 3.63) is 47.2 Å². The minimum Gasteiger partial charge on any atom is -0.496 e. The first kappa shape index (κ1) is 20.8. The van der Waals surface area contributed by atoms with Crippen LogP contribution in [0.3, 0.4) is 0 Å². The molecule has 1 aromatic carbocycles. The fourth-order valence-electron chi connectivity index (χ4n) is 2.76. The molecule has 146 valence electrons. The molecule has 2 amide bonds. The molecule has 0 radical (unpaired) electrons. The lowest BCUT2D eigenvalue weighted by Gasteiger charge is -2.23. The first-order chi connectivity index (χ1) is 13.0. The van der Waals surface area contributed by atoms with Crippen LogP contribution >= 0.6 is 11.6 Å². The van der Waals surface area contributed by atoms with Crippen LogP contribution in [-0.4, -0.2) is 48.0 Å². The van der Waals surface area contributed by atoms with E-state index in [-0.39, 0.29) is 18.4 Å². The smallest absolute Gasteiger partial charge is 0.258 e. The topological polar surface area (TPSA) is 63.6 Å². The fourth-order valence-corrected chi connectivity index (χ4v) is 3.02. The van der Waals surface area contributed by atoms with E-state index in [1.165, 1.54) is 12.0 Å². The van der Waals surface area contributed by atoms with Gasteiger partial charge in [-0.3, -0.25) is 9.59 Å². The van der Waals surface area contributed by atoms with Crippen molar-refractivity contribution in [2.75, 3.05) is 26.7 Å². The predicted octanol–water partition coefficient (Wildman–Crippen LogP) is 3.52. The molecule has 0 saturated heterocycles. The Bertz CT molecular complexity index is 775. The quantitative estimate of drug-likeness (QED) is 0.711. The van der Waals surface area contributed by atoms with E-state index < -0.39 is 0 Å². The van der Waals surface area contributed by atoms with Crippen LogP contribution in [0.5, 0.6) is 5.75 Å². The van der Waals surface area contributed by atoms with Crippen LogP contribution in [0.15, 0.2) is 36.7 Å². The summed E-state index contributed by atoms with van der Waals surface area (Å²) in [6, 6.07) is 7.11. The number of nitrogens with one attached hydrogen (secondary N) is 1. The van der Waals surface area contributed by atoms with Crippen LogP contribution in [0.4, 0.5) is 0 Å². The third kappa shape index (κ3) is 5.26. The minimum atomic E-state index is -0.277. The molecule has 0 aliphatic carbocycles. The molecule has 27 heavy (non-hydrogen) atoms. The Morgan fingerprint density at radius 2 is 1.89 bits per heavy atom. The van der Waals surface area contributed by atoms with Gasteiger partial charge in [-0.2, -0.15) is 0 Å². The van der Waals surface area contributed by atoms with E-state index in [9.17, 15) is 9.59 Å². The van der Waals surface area contributed by atoms with Gasteiger partial charge in [0.1, 0.15) is 5.75 Å². The number of nitrogens with zero attached hydrogens (tertiary/aromatic N) is 2. The summed E-state index contributed by atoms with van der Waals surface area (Å²) in [7, 11) is 1.51. The van der Waals surface area contributed by atoms with Crippen LogP contribution in [0.1, 0.15) is 37.0 Å². The van der Waals surface area contributed by atoms with Gasteiger partial charge >= 0.3 is 0 Å². The molecule has 1 N–H and O–H groups in total. The van der Waals surface area contributed by atoms with E-state index in [2.05, 4.69) is 5.32 Å². The highest BCUT2D eigenvalue weighted by Gasteiger charge is 2.23. The number of methoxy groups -OCH3 is 1. The molecule has 0 atom stereocenters. The molecule has 2 aromatic rings. The molecule has 0 aliphatic heterocycles. The number of aromatic nitrogens is 1. The number of hydrogen-bond donors (Lipinski definition) is 1. The number of halogens is 1. The monoisotopic (exact) mass is 391 g/mol. The zero-order valence-corrected chi connectivity index (χ0v) is 16.8. The van der Waals surface area contributed by atoms with Crippen molar-refractivity contribution in [1.82, 2.24) is 14.8 Å². The zero-order valence-electron chi connectivity index (χ0n) is 16.0. The lowest BCUT2D eigenvalue weighted by molar-refractivity contribution is -0.121. The van der Waals surface area contributed by atoms with Crippen molar-refractivity contribution in [3.8, 4) is 11.4 Å². The molecule has 0 unspecified atom stereocenters. The number of rotatable bonds is 9. The van der Waals surface area contributed by atoms with Gasteiger partial charge in [0.2, 0.25) is 5.91 Å². The van der Waals surface area contributed by atoms with Gasteiger partial charge < -0.3 is 19.5 Å². The maximum atomic E-state index is 13.1. The molecule has 0 saturated carbocycles. The van der Waals surface area contributed by atoms with E-state index in [0.717, 1.165) is 18.5 Å². The van der Waals surface area contributed by atoms with Gasteiger partial charge in [-0.1, -0.05) is 25.4 Å². The molecule has 0 spiro atoms. The van der Waals surface area contributed by atoms with Crippen molar-refractivity contribution in [1.29, 1.82) is 0 Å². The van der Waals surface area contributed by atoms with Crippen molar-refractivity contribution in [2.45, 2.75) is 26.7 Å². The Morgan fingerprint density at radius 1 is 1.19 bits per heavy atom. The van der Waals surface area contributed by atoms with Crippen LogP contribution in [-0.2, 0) is 4.79 Å². The summed E-state index contributed by atoms with van der Waals surface area (Å²) in [5.41, 5.74) is 1.06. The van der Waals surface area contributed by atoms with E-state index in [4.69, 9.17) is 16.3 Å². The standard InChI is InChI=1S/C20H26ClN3O3/c1-4-8-22-19(25)14-24(9-5-2)20(26)15-12-16(21)17(13-18(15)27-3)23-10-6-7-11-23/h6-7,10-13H,4-5,8-9,14H2,1-3H3,(H,22,25). The van der Waals surface area contributed by atoms with Gasteiger partial charge in [0.05, 0.1) is 29.9 Å². The summed E-state index contributed by atoms with van der Waals surface area (Å²) < 4.78 is 7.29. The van der Waals surface area contributed by atoms with Crippen LogP contribution < -0.4 is 10.1 Å². The fraction of sp³-hybridized carbons (Fsp3) is 0.400. The number of carbonyl (C=O) groups is 2. The van der Waals surface area contributed by atoms with Crippen LogP contribution in [0.25, 0.3) is 5.69 Å². The Morgan fingerprint density at radius 3 is 2.48 bits per heavy atom. The average molecular weight is 392 g/mol. The van der Waals surface area contributed by atoms with E-state index >= 15 is 0 Å². The van der Waals surface area contributed by atoms with Crippen molar-refractivity contribution < 1.29 is 14.3 Å². The maximum absolute atomic E-state index is 13.1. The molecule has 7 heteroatoms. The van der Waals surface area contributed by atoms with Gasteiger partial charge in [0.15, 0.2) is 0 Å². The number of benzene rings is 1. The second-order valence-electron chi connectivity index (χ2n) is 6.17. The van der Waals surface area contributed by atoms with Crippen LogP contribution in [0, 0.1) is 0 Å². The number of carbonyl (C=O) groups excluding carboxylic acids is 2. The Hall–Kier alpha value is -2.47. The average Bonchev–Trinajstić information content (AvgIpc) is 3.19. The normalized spacial score (nSPS) is 10.5. The summed E-state index contributed by atoms with van der Waals surface area (Å²) >= 11 is 6.42. The molecular weight excluding hydrogens is 366 g/mol. The Labute approximate surface area is 165 Å². The predicted molar refractivity (Wildman–Crippen MR) is 107 cm³/mol. The molecule has 2 rings (SSSR count). The van der Waals surface area contributed by atoms with Crippen molar-refractivity contribution >= 4 is 23.4 Å². The summed E-state index contributed by atoms with van der Waals surface area (Å²) in [5, 5.41) is 3.23. The van der Waals surface area contributed by atoms with Gasteiger partial charge in [-0.15, -0.1) is 0 Å². The van der Waals surface area contributed by atoms with Crippen LogP contribution in [0.2, 0.25) is 5.02 Å². The third-order valence-corrected chi connectivity index (χ3v) is 4.37. The number of hydrogen-bond acceptors (Lipinski definition) is 3. The zero-order chi connectivity index (χ0) is 19.8. The van der Waals surface area contributed by atoms with E-state index in [1.54, 1.807) is 12.1 Å². The molecule has 1 aromatic heterocycles. The molecule has 0 fully saturated rings. The van der Waals surface area contributed by atoms with Crippen molar-refractivity contribution in [3.63, 3.8) is 0 Å². The van der Waals surface area contributed by atoms with E-state index in [0.29, 0.717) is 29.4 Å². The van der Waals surface area contributed by atoms with E-state index in [1.807, 2.05) is 42.9 Å². The minimum absolute atomic E-state index is 0.00674. The summed E-state index contributed by atoms with van der Waals surface area (Å²) in [5.74, 6) is -0.0304. The highest BCUT2D eigenvalue weighted by molar-refractivity contribution is 6.33. The molecule has 1 heterocycles. The summed E-state index contributed by atoms with van der Waals surface area (Å²) in [6.45, 7) is 5.01. The highest BCUT2D eigenvalue weighted by Crippen LogP contribution is 2.30. The molecule has 0 bridgehead atoms. The van der Waals surface area contributed by atoms with Gasteiger partial charge in [0, 0.05) is 31.5 Å². The molecule has 6 nitrogen and oxygen atoms in total. The highest BCUT2D eigenvalue weighted by atomic mass is 35.5. The largest absolute Gasteiger partial charge is 0.496 e. The second kappa shape index (κ2) is 10.0. The summed E-state index contributed by atoms with van der Waals surface area (Å²) in [6.07, 6.45) is 5.31. The lowest BCUT2D eigenvalue weighted by atomic mass is 10.1. The number of amides is 2. The lowest BCUT2D eigenvalue weighted by Crippen LogP contribution is -2.41. The first-order valence-corrected chi connectivity index (χ1v) is 9.46. The van der Waals surface area contributed by atoms with Crippen molar-refractivity contribution in [2.24, 2.45) is 0 Å². The van der Waals surface area contributed by atoms with Gasteiger partial charge in [-0.25, -0.2) is 0 Å².